The van der Waals surface area contributed by atoms with Gasteiger partial charge < -0.3 is 4.98 Å². The average molecular weight is 106 g/mol. The van der Waals surface area contributed by atoms with Gasteiger partial charge in [0, 0.05) is 11.9 Å². The molecule has 3 heteroatoms. The van der Waals surface area contributed by atoms with E-state index in [0.29, 0.717) is 6.32 Å². The fourth-order valence-corrected chi connectivity index (χ4v) is 0.577. The molecule has 1 rings (SSSR count). The lowest BCUT2D eigenvalue weighted by molar-refractivity contribution is 1.06. The molecule has 40 valence electrons. The van der Waals surface area contributed by atoms with Crippen molar-refractivity contribution < 1.29 is 0 Å². The molecule has 0 amide bonds. The molecule has 0 aromatic carbocycles. The Morgan fingerprint density at radius 1 is 1.75 bits per heavy atom. The molecule has 1 aromatic heterocycles. The van der Waals surface area contributed by atoms with Gasteiger partial charge in [-0.3, -0.25) is 0 Å². The minimum absolute atomic E-state index is 0.683. The molecule has 0 fully saturated rings. The number of imidazole rings is 1. The summed E-state index contributed by atoms with van der Waals surface area (Å²) in [5.74, 6) is 0. The highest BCUT2D eigenvalue weighted by atomic mass is 14.8. The van der Waals surface area contributed by atoms with Gasteiger partial charge in [0.1, 0.15) is 0 Å². The van der Waals surface area contributed by atoms with Crippen LogP contribution in [0, 0.1) is 0 Å². The van der Waals surface area contributed by atoms with E-state index in [1.165, 1.54) is 0 Å². The third-order valence-corrected chi connectivity index (χ3v) is 0.969. The second kappa shape index (κ2) is 2.55. The van der Waals surface area contributed by atoms with Gasteiger partial charge in [-0.2, -0.15) is 0 Å². The second-order valence-corrected chi connectivity index (χ2v) is 1.62. The van der Waals surface area contributed by atoms with Crippen molar-refractivity contribution in [2.45, 2.75) is 12.7 Å². The molecule has 0 spiro atoms. The summed E-state index contributed by atoms with van der Waals surface area (Å²) in [7, 11) is 5.27. The molecule has 0 aliphatic carbocycles. The number of H-pyrrole nitrogens is 1. The van der Waals surface area contributed by atoms with E-state index in [0.717, 1.165) is 12.1 Å². The molecule has 0 aliphatic heterocycles. The number of nitrogens with zero attached hydrogens (tertiary/aromatic N) is 1. The van der Waals surface area contributed by atoms with Crippen molar-refractivity contribution in [3.8, 4) is 0 Å². The third kappa shape index (κ3) is 1.12. The molecule has 1 aromatic rings. The van der Waals surface area contributed by atoms with Gasteiger partial charge in [-0.15, -0.1) is 0 Å². The van der Waals surface area contributed by atoms with E-state index in [-0.39, 0.29) is 0 Å². The zero-order valence-electron chi connectivity index (χ0n) is 4.59. The van der Waals surface area contributed by atoms with Gasteiger partial charge in [-0.25, -0.2) is 4.98 Å². The summed E-state index contributed by atoms with van der Waals surface area (Å²) in [5, 5.41) is 0. The topological polar surface area (TPSA) is 28.7 Å². The van der Waals surface area contributed by atoms with Gasteiger partial charge in [-0.1, -0.05) is 6.32 Å². The fourth-order valence-electron chi connectivity index (χ4n) is 0.577. The van der Waals surface area contributed by atoms with E-state index >= 15 is 0 Å². The molecule has 0 aliphatic rings. The molecule has 0 saturated heterocycles. The Balaban J connectivity index is 2.50. The van der Waals surface area contributed by atoms with Crippen molar-refractivity contribution in [1.82, 2.24) is 9.97 Å². The number of hydrogen-bond acceptors (Lipinski definition) is 1. The first kappa shape index (κ1) is 5.41. The predicted molar refractivity (Wildman–Crippen MR) is 32.9 cm³/mol. The lowest BCUT2D eigenvalue weighted by atomic mass is 10.0. The van der Waals surface area contributed by atoms with Crippen molar-refractivity contribution in [2.75, 3.05) is 0 Å². The Hall–Kier alpha value is -0.725. The number of aromatic nitrogens is 2. The lowest BCUT2D eigenvalue weighted by Gasteiger charge is -1.86. The highest BCUT2D eigenvalue weighted by Gasteiger charge is 1.86. The number of aromatic amines is 1. The van der Waals surface area contributed by atoms with Crippen molar-refractivity contribution in [3.63, 3.8) is 0 Å². The van der Waals surface area contributed by atoms with Crippen LogP contribution in [0.25, 0.3) is 0 Å². The third-order valence-electron chi connectivity index (χ3n) is 0.969. The van der Waals surface area contributed by atoms with Crippen molar-refractivity contribution in [2.24, 2.45) is 0 Å². The maximum atomic E-state index is 5.27. The number of rotatable bonds is 2. The largest absolute Gasteiger partial charge is 0.349 e. The highest BCUT2D eigenvalue weighted by Crippen LogP contribution is 1.93. The molecule has 1 N–H and O–H groups in total. The minimum atomic E-state index is 0.683. The van der Waals surface area contributed by atoms with Gasteiger partial charge in [0.15, 0.2) is 0 Å². The molecule has 2 nitrogen and oxygen atoms in total. The smallest absolute Gasteiger partial charge is 0.0921 e. The first-order valence-corrected chi connectivity index (χ1v) is 2.61. The van der Waals surface area contributed by atoms with Gasteiger partial charge in [-0.05, 0) is 6.42 Å². The molecule has 0 saturated carbocycles. The van der Waals surface area contributed by atoms with E-state index in [1.807, 2.05) is 0 Å². The molecular formula is C5H7BN2. The fraction of sp³-hybridized carbons (Fsp3) is 0.400. The summed E-state index contributed by atoms with van der Waals surface area (Å²) >= 11 is 0. The number of hydrogen-bond donors (Lipinski definition) is 1. The van der Waals surface area contributed by atoms with Crippen molar-refractivity contribution >= 4 is 7.85 Å². The summed E-state index contributed by atoms with van der Waals surface area (Å²) in [5.41, 5.74) is 1.10. The summed E-state index contributed by atoms with van der Waals surface area (Å²) < 4.78 is 0. The molecule has 0 atom stereocenters. The SMILES string of the molecule is [B]CCc1cnc[nH]1. The Labute approximate surface area is 49.7 Å². The monoisotopic (exact) mass is 106 g/mol. The zero-order valence-corrected chi connectivity index (χ0v) is 4.59. The Morgan fingerprint density at radius 2 is 2.62 bits per heavy atom. The second-order valence-electron chi connectivity index (χ2n) is 1.62. The summed E-state index contributed by atoms with van der Waals surface area (Å²) in [6.45, 7) is 0. The maximum Gasteiger partial charge on any atom is 0.0921 e. The van der Waals surface area contributed by atoms with Crippen LogP contribution < -0.4 is 0 Å². The van der Waals surface area contributed by atoms with Crippen LogP contribution in [-0.4, -0.2) is 17.8 Å². The van der Waals surface area contributed by atoms with Crippen LogP contribution in [0.2, 0.25) is 6.32 Å². The summed E-state index contributed by atoms with van der Waals surface area (Å²) in [4.78, 5) is 6.78. The van der Waals surface area contributed by atoms with E-state index in [1.54, 1.807) is 12.5 Å². The molecule has 2 radical (unpaired) electrons. The standard InChI is InChI=1S/C5H7BN2/c6-2-1-5-3-7-4-8-5/h3-4H,1-2H2,(H,7,8). The number of nitrogens with one attached hydrogen (secondary N) is 1. The summed E-state index contributed by atoms with van der Waals surface area (Å²) in [6.07, 6.45) is 5.01. The minimum Gasteiger partial charge on any atom is -0.349 e. The molecule has 8 heavy (non-hydrogen) atoms. The van der Waals surface area contributed by atoms with Crippen LogP contribution in [0.1, 0.15) is 5.69 Å². The van der Waals surface area contributed by atoms with E-state index in [4.69, 9.17) is 7.85 Å². The van der Waals surface area contributed by atoms with Crippen LogP contribution >= 0.6 is 0 Å². The van der Waals surface area contributed by atoms with E-state index in [9.17, 15) is 0 Å². The average Bonchev–Trinajstić information content (AvgIpc) is 2.19. The van der Waals surface area contributed by atoms with E-state index in [2.05, 4.69) is 9.97 Å². The molecule has 0 bridgehead atoms. The van der Waals surface area contributed by atoms with Crippen molar-refractivity contribution in [3.05, 3.63) is 18.2 Å². The highest BCUT2D eigenvalue weighted by molar-refractivity contribution is 6.08. The molecule has 0 unspecified atom stereocenters. The van der Waals surface area contributed by atoms with Crippen molar-refractivity contribution in [1.29, 1.82) is 0 Å². The van der Waals surface area contributed by atoms with Crippen LogP contribution in [-0.2, 0) is 6.42 Å². The quantitative estimate of drug-likeness (QED) is 0.547. The Morgan fingerprint density at radius 3 is 3.12 bits per heavy atom. The van der Waals surface area contributed by atoms with Crippen LogP contribution in [0.5, 0.6) is 0 Å². The first-order valence-electron chi connectivity index (χ1n) is 2.61. The van der Waals surface area contributed by atoms with Gasteiger partial charge in [0.05, 0.1) is 14.2 Å². The lowest BCUT2D eigenvalue weighted by Crippen LogP contribution is -1.80. The number of aryl methyl sites for hydroxylation is 1. The Kier molecular flexibility index (Phi) is 1.73. The van der Waals surface area contributed by atoms with E-state index < -0.39 is 0 Å². The zero-order chi connectivity index (χ0) is 5.82. The molecular weight excluding hydrogens is 98.9 g/mol. The predicted octanol–water partition coefficient (Wildman–Crippen LogP) is 0.539. The van der Waals surface area contributed by atoms with Crippen LogP contribution in [0.3, 0.4) is 0 Å². The van der Waals surface area contributed by atoms with Crippen LogP contribution in [0.4, 0.5) is 0 Å². The Bertz CT molecular complexity index is 136. The van der Waals surface area contributed by atoms with Gasteiger partial charge >= 0.3 is 0 Å². The normalized spacial score (nSPS) is 9.50. The van der Waals surface area contributed by atoms with Gasteiger partial charge in [0.2, 0.25) is 0 Å². The van der Waals surface area contributed by atoms with Crippen LogP contribution in [0.15, 0.2) is 12.5 Å². The first-order chi connectivity index (χ1) is 3.93. The maximum absolute atomic E-state index is 5.27. The molecule has 1 heterocycles. The van der Waals surface area contributed by atoms with Gasteiger partial charge in [0.25, 0.3) is 0 Å². The summed E-state index contributed by atoms with van der Waals surface area (Å²) in [6, 6.07) is 0.